The van der Waals surface area contributed by atoms with Gasteiger partial charge in [0.2, 0.25) is 0 Å². The minimum Gasteiger partial charge on any atom is -0.464 e. The zero-order chi connectivity index (χ0) is 19.5. The van der Waals surface area contributed by atoms with Crippen molar-refractivity contribution < 1.29 is 27.5 Å². The average molecular weight is 368 g/mol. The van der Waals surface area contributed by atoms with E-state index in [1.165, 1.54) is 13.0 Å². The van der Waals surface area contributed by atoms with Crippen molar-refractivity contribution >= 4 is 23.3 Å². The summed E-state index contributed by atoms with van der Waals surface area (Å²) in [5, 5.41) is 9.85. The van der Waals surface area contributed by atoms with Crippen LogP contribution in [0.3, 0.4) is 0 Å². The van der Waals surface area contributed by atoms with E-state index >= 15 is 0 Å². The molecular formula is C16H15F3N4O3. The first-order chi connectivity index (χ1) is 12.1. The standard InChI is InChI=1S/C16H15F3N4O3/c1-4-26-13(24)12-8-15(2,23-22-12)14(25)21-9-5-6-11(20-3)10(7-9)16(17,18)19/h5-7,12H,4,8H2,1-2H3,(H,21,25). The molecule has 1 amide bonds. The molecular weight excluding hydrogens is 353 g/mol. The van der Waals surface area contributed by atoms with Crippen molar-refractivity contribution in [2.45, 2.75) is 38.0 Å². The van der Waals surface area contributed by atoms with Gasteiger partial charge in [-0.15, -0.1) is 0 Å². The molecule has 1 aromatic rings. The molecule has 0 aliphatic carbocycles. The van der Waals surface area contributed by atoms with Gasteiger partial charge in [-0.05, 0) is 26.0 Å². The Balaban J connectivity index is 2.17. The Bertz CT molecular complexity index is 801. The van der Waals surface area contributed by atoms with Crippen LogP contribution in [-0.2, 0) is 20.5 Å². The number of anilines is 1. The highest BCUT2D eigenvalue weighted by atomic mass is 19.4. The van der Waals surface area contributed by atoms with Gasteiger partial charge in [-0.3, -0.25) is 4.79 Å². The Kier molecular flexibility index (Phi) is 5.30. The second-order valence-corrected chi connectivity index (χ2v) is 5.76. The molecule has 0 spiro atoms. The summed E-state index contributed by atoms with van der Waals surface area (Å²) in [6.07, 6.45) is -4.78. The molecule has 1 aliphatic rings. The number of carbonyl (C=O) groups excluding carboxylic acids is 2. The van der Waals surface area contributed by atoms with Crippen molar-refractivity contribution in [3.63, 3.8) is 0 Å². The molecule has 1 N–H and O–H groups in total. The number of amides is 1. The number of ether oxygens (including phenoxy) is 1. The predicted octanol–water partition coefficient (Wildman–Crippen LogP) is 3.74. The van der Waals surface area contributed by atoms with E-state index in [1.807, 2.05) is 0 Å². The molecule has 1 heterocycles. The van der Waals surface area contributed by atoms with Crippen LogP contribution in [0.1, 0.15) is 25.8 Å². The molecule has 10 heteroatoms. The summed E-state index contributed by atoms with van der Waals surface area (Å²) in [6, 6.07) is 1.93. The summed E-state index contributed by atoms with van der Waals surface area (Å²) in [4.78, 5) is 26.9. The van der Waals surface area contributed by atoms with Crippen LogP contribution in [0.15, 0.2) is 28.4 Å². The van der Waals surface area contributed by atoms with E-state index in [2.05, 4.69) is 20.4 Å². The first kappa shape index (κ1) is 19.4. The van der Waals surface area contributed by atoms with Crippen LogP contribution in [-0.4, -0.2) is 30.1 Å². The maximum Gasteiger partial charge on any atom is 0.407 e. The number of hydrogen-bond donors (Lipinski definition) is 1. The van der Waals surface area contributed by atoms with Crippen molar-refractivity contribution in [1.82, 2.24) is 0 Å². The normalized spacial score (nSPS) is 21.9. The Morgan fingerprint density at radius 3 is 2.73 bits per heavy atom. The van der Waals surface area contributed by atoms with Gasteiger partial charge in [0.25, 0.3) is 5.91 Å². The SMILES string of the molecule is [C-]#[N+]c1ccc(NC(=O)C2(C)CC(C(=O)OCC)N=N2)cc1C(F)(F)F. The lowest BCUT2D eigenvalue weighted by molar-refractivity contribution is -0.144. The van der Waals surface area contributed by atoms with Crippen molar-refractivity contribution in [3.8, 4) is 0 Å². The van der Waals surface area contributed by atoms with Gasteiger partial charge in [0, 0.05) is 12.1 Å². The third-order valence-electron chi connectivity index (χ3n) is 3.74. The lowest BCUT2D eigenvalue weighted by Gasteiger charge is -2.19. The van der Waals surface area contributed by atoms with Gasteiger partial charge in [0.05, 0.1) is 18.7 Å². The van der Waals surface area contributed by atoms with E-state index < -0.39 is 40.9 Å². The van der Waals surface area contributed by atoms with Gasteiger partial charge in [0.15, 0.2) is 17.3 Å². The maximum absolute atomic E-state index is 13.0. The van der Waals surface area contributed by atoms with Gasteiger partial charge >= 0.3 is 12.1 Å². The van der Waals surface area contributed by atoms with Crippen molar-refractivity contribution in [3.05, 3.63) is 35.2 Å². The average Bonchev–Trinajstić information content (AvgIpc) is 2.98. The summed E-state index contributed by atoms with van der Waals surface area (Å²) < 4.78 is 43.8. The van der Waals surface area contributed by atoms with E-state index in [1.54, 1.807) is 6.92 Å². The molecule has 0 aromatic heterocycles. The van der Waals surface area contributed by atoms with Crippen LogP contribution >= 0.6 is 0 Å². The minimum absolute atomic E-state index is 0.0517. The van der Waals surface area contributed by atoms with Gasteiger partial charge < -0.3 is 10.1 Å². The number of carbonyl (C=O) groups is 2. The molecule has 138 valence electrons. The molecule has 0 radical (unpaired) electrons. The monoisotopic (exact) mass is 368 g/mol. The number of alkyl halides is 3. The Hall–Kier alpha value is -2.96. The molecule has 1 aliphatic heterocycles. The zero-order valence-corrected chi connectivity index (χ0v) is 13.9. The van der Waals surface area contributed by atoms with Crippen LogP contribution < -0.4 is 5.32 Å². The van der Waals surface area contributed by atoms with Gasteiger partial charge in [0.1, 0.15) is 0 Å². The van der Waals surface area contributed by atoms with E-state index in [0.717, 1.165) is 6.07 Å². The Labute approximate surface area is 147 Å². The fourth-order valence-corrected chi connectivity index (χ4v) is 2.37. The quantitative estimate of drug-likeness (QED) is 0.649. The summed E-state index contributed by atoms with van der Waals surface area (Å²) >= 11 is 0. The number of esters is 1. The second kappa shape index (κ2) is 7.11. The van der Waals surface area contributed by atoms with Gasteiger partial charge in [-0.25, -0.2) is 9.64 Å². The molecule has 0 fully saturated rings. The van der Waals surface area contributed by atoms with Crippen LogP contribution in [0, 0.1) is 6.57 Å². The number of benzene rings is 1. The first-order valence-electron chi connectivity index (χ1n) is 7.59. The zero-order valence-electron chi connectivity index (χ0n) is 13.9. The smallest absolute Gasteiger partial charge is 0.407 e. The highest BCUT2D eigenvalue weighted by Gasteiger charge is 2.44. The van der Waals surface area contributed by atoms with Crippen LogP contribution in [0.5, 0.6) is 0 Å². The molecule has 2 unspecified atom stereocenters. The van der Waals surface area contributed by atoms with Gasteiger partial charge in [-0.2, -0.15) is 23.4 Å². The van der Waals surface area contributed by atoms with Crippen LogP contribution in [0.25, 0.3) is 4.85 Å². The molecule has 0 saturated heterocycles. The van der Waals surface area contributed by atoms with E-state index in [-0.39, 0.29) is 18.7 Å². The first-order valence-corrected chi connectivity index (χ1v) is 7.59. The molecule has 2 rings (SSSR count). The molecule has 26 heavy (non-hydrogen) atoms. The minimum atomic E-state index is -4.73. The predicted molar refractivity (Wildman–Crippen MR) is 84.6 cm³/mol. The van der Waals surface area contributed by atoms with Gasteiger partial charge in [-0.1, -0.05) is 6.07 Å². The lowest BCUT2D eigenvalue weighted by atomic mass is 9.94. The van der Waals surface area contributed by atoms with Crippen LogP contribution in [0.4, 0.5) is 24.5 Å². The molecule has 0 bridgehead atoms. The summed E-state index contributed by atoms with van der Waals surface area (Å²) in [7, 11) is 0. The molecule has 7 nitrogen and oxygen atoms in total. The topological polar surface area (TPSA) is 84.5 Å². The molecule has 0 saturated carbocycles. The fraction of sp³-hybridized carbons (Fsp3) is 0.438. The number of nitrogens with zero attached hydrogens (tertiary/aromatic N) is 3. The lowest BCUT2D eigenvalue weighted by Crippen LogP contribution is -2.39. The summed E-state index contributed by atoms with van der Waals surface area (Å²) in [5.74, 6) is -1.33. The van der Waals surface area contributed by atoms with Crippen molar-refractivity contribution in [1.29, 1.82) is 0 Å². The number of nitrogens with one attached hydrogen (secondary N) is 1. The van der Waals surface area contributed by atoms with Crippen molar-refractivity contribution in [2.24, 2.45) is 10.2 Å². The Morgan fingerprint density at radius 1 is 1.46 bits per heavy atom. The maximum atomic E-state index is 13.0. The molecule has 2 atom stereocenters. The highest BCUT2D eigenvalue weighted by molar-refractivity contribution is 5.99. The fourth-order valence-electron chi connectivity index (χ4n) is 2.37. The number of hydrogen-bond acceptors (Lipinski definition) is 5. The second-order valence-electron chi connectivity index (χ2n) is 5.76. The number of rotatable bonds is 4. The number of halogens is 3. The van der Waals surface area contributed by atoms with Crippen LogP contribution in [0.2, 0.25) is 0 Å². The van der Waals surface area contributed by atoms with E-state index in [4.69, 9.17) is 11.3 Å². The number of azo groups is 1. The van der Waals surface area contributed by atoms with E-state index in [9.17, 15) is 22.8 Å². The summed E-state index contributed by atoms with van der Waals surface area (Å²) in [6.45, 7) is 10.0. The third kappa shape index (κ3) is 3.99. The third-order valence-corrected chi connectivity index (χ3v) is 3.74. The Morgan fingerprint density at radius 2 is 2.15 bits per heavy atom. The largest absolute Gasteiger partial charge is 0.464 e. The molecule has 1 aromatic carbocycles. The van der Waals surface area contributed by atoms with Crippen molar-refractivity contribution in [2.75, 3.05) is 11.9 Å². The van der Waals surface area contributed by atoms with E-state index in [0.29, 0.717) is 6.07 Å². The highest BCUT2D eigenvalue weighted by Crippen LogP contribution is 2.38. The summed E-state index contributed by atoms with van der Waals surface area (Å²) in [5.41, 5.74) is -3.25.